The highest BCUT2D eigenvalue weighted by molar-refractivity contribution is 5.98. The summed E-state index contributed by atoms with van der Waals surface area (Å²) in [7, 11) is 0.561. The Morgan fingerprint density at radius 2 is 2.40 bits per heavy atom. The van der Waals surface area contributed by atoms with Crippen molar-refractivity contribution in [3.63, 3.8) is 0 Å². The van der Waals surface area contributed by atoms with E-state index in [1.807, 2.05) is 0 Å². The molecule has 59 valence electrons. The summed E-state index contributed by atoms with van der Waals surface area (Å²) in [6.45, 7) is 1.26. The maximum atomic E-state index is 9.23. The first-order valence-electron chi connectivity index (χ1n) is 3.10. The van der Waals surface area contributed by atoms with Crippen LogP contribution in [0, 0.1) is 6.61 Å². The van der Waals surface area contributed by atoms with Gasteiger partial charge in [-0.05, 0) is 0 Å². The maximum absolute atomic E-state index is 9.23. The summed E-state index contributed by atoms with van der Waals surface area (Å²) < 4.78 is 9.84. The zero-order valence-corrected chi connectivity index (χ0v) is 7.73. The average Bonchev–Trinajstić information content (AvgIpc) is 2.30. The fourth-order valence-electron chi connectivity index (χ4n) is 0.897. The molecule has 1 aliphatic heterocycles. The zero-order chi connectivity index (χ0) is 7.56. The molecule has 0 bridgehead atoms. The van der Waals surface area contributed by atoms with Crippen molar-refractivity contribution in [2.24, 2.45) is 0 Å². The van der Waals surface area contributed by atoms with Crippen molar-refractivity contribution in [1.29, 1.82) is 0 Å². The van der Waals surface area contributed by atoms with Crippen molar-refractivity contribution in [2.75, 3.05) is 6.61 Å². The van der Waals surface area contributed by atoms with Gasteiger partial charge in [-0.15, -0.1) is 0 Å². The number of hydrogen-bond donors (Lipinski definition) is 2. The van der Waals surface area contributed by atoms with Gasteiger partial charge in [0.2, 0.25) is 0 Å². The molecule has 1 aliphatic rings. The van der Waals surface area contributed by atoms with Crippen molar-refractivity contribution >= 4 is 10.5 Å². The lowest BCUT2D eigenvalue weighted by Gasteiger charge is -2.13. The van der Waals surface area contributed by atoms with Crippen LogP contribution in [-0.4, -0.2) is 45.6 Å². The SMILES string of the molecule is OC[C@H]1O[CH][C@H](O[SiH3])[C@@H]1O. The van der Waals surface area contributed by atoms with E-state index in [-0.39, 0.29) is 12.7 Å². The molecule has 1 rings (SSSR count). The molecule has 2 N–H and O–H groups in total. The van der Waals surface area contributed by atoms with Gasteiger partial charge in [0.1, 0.15) is 35.4 Å². The van der Waals surface area contributed by atoms with Crippen molar-refractivity contribution < 1.29 is 19.4 Å². The van der Waals surface area contributed by atoms with Crippen molar-refractivity contribution in [3.8, 4) is 0 Å². The molecule has 0 aromatic heterocycles. The second kappa shape index (κ2) is 3.45. The van der Waals surface area contributed by atoms with Gasteiger partial charge in [0.15, 0.2) is 0 Å². The van der Waals surface area contributed by atoms with E-state index < -0.39 is 12.2 Å². The fraction of sp³-hybridized carbons (Fsp3) is 0.800. The number of aliphatic hydroxyl groups excluding tert-OH is 2. The van der Waals surface area contributed by atoms with Gasteiger partial charge < -0.3 is 19.4 Å². The van der Waals surface area contributed by atoms with Crippen LogP contribution in [0.3, 0.4) is 0 Å². The minimum Gasteiger partial charge on any atom is -0.420 e. The normalized spacial score (nSPS) is 40.8. The van der Waals surface area contributed by atoms with E-state index in [9.17, 15) is 5.11 Å². The second-order valence-electron chi connectivity index (χ2n) is 2.18. The zero-order valence-electron chi connectivity index (χ0n) is 5.73. The van der Waals surface area contributed by atoms with Crippen LogP contribution in [0.5, 0.6) is 0 Å². The van der Waals surface area contributed by atoms with Crippen LogP contribution >= 0.6 is 0 Å². The average molecular weight is 163 g/mol. The van der Waals surface area contributed by atoms with Crippen LogP contribution in [0.4, 0.5) is 0 Å². The van der Waals surface area contributed by atoms with Crippen LogP contribution in [0.15, 0.2) is 0 Å². The molecule has 1 saturated heterocycles. The molecule has 5 heteroatoms. The Kier molecular flexibility index (Phi) is 2.81. The molecule has 0 aromatic rings. The van der Waals surface area contributed by atoms with Crippen LogP contribution in [0.25, 0.3) is 0 Å². The lowest BCUT2D eigenvalue weighted by atomic mass is 10.2. The molecule has 1 fully saturated rings. The highest BCUT2D eigenvalue weighted by Gasteiger charge is 2.35. The first-order valence-corrected chi connectivity index (χ1v) is 3.91. The topological polar surface area (TPSA) is 58.9 Å². The van der Waals surface area contributed by atoms with Gasteiger partial charge in [0.25, 0.3) is 0 Å². The highest BCUT2D eigenvalue weighted by atomic mass is 28.2. The van der Waals surface area contributed by atoms with Crippen LogP contribution in [0.1, 0.15) is 0 Å². The third-order valence-corrected chi connectivity index (χ3v) is 2.10. The summed E-state index contributed by atoms with van der Waals surface area (Å²) in [5.41, 5.74) is 0. The Balaban J connectivity index is 2.41. The maximum Gasteiger partial charge on any atom is 0.146 e. The summed E-state index contributed by atoms with van der Waals surface area (Å²) in [5.74, 6) is 0. The Labute approximate surface area is 62.3 Å². The Morgan fingerprint density at radius 1 is 1.70 bits per heavy atom. The Bertz CT molecular complexity index is 97.8. The third kappa shape index (κ3) is 1.38. The largest absolute Gasteiger partial charge is 0.420 e. The molecule has 1 radical (unpaired) electrons. The molecule has 0 unspecified atom stereocenters. The van der Waals surface area contributed by atoms with Crippen molar-refractivity contribution in [2.45, 2.75) is 18.3 Å². The van der Waals surface area contributed by atoms with Gasteiger partial charge in [-0.1, -0.05) is 0 Å². The molecule has 4 nitrogen and oxygen atoms in total. The van der Waals surface area contributed by atoms with Gasteiger partial charge in [0, 0.05) is 0 Å². The lowest BCUT2D eigenvalue weighted by Crippen LogP contribution is -2.33. The fourth-order valence-corrected chi connectivity index (χ4v) is 1.29. The van der Waals surface area contributed by atoms with Gasteiger partial charge in [-0.3, -0.25) is 0 Å². The van der Waals surface area contributed by atoms with Crippen molar-refractivity contribution in [3.05, 3.63) is 6.61 Å². The predicted octanol–water partition coefficient (Wildman–Crippen LogP) is -2.43. The molecule has 0 aromatic carbocycles. The van der Waals surface area contributed by atoms with E-state index >= 15 is 0 Å². The first kappa shape index (κ1) is 8.16. The molecule has 0 amide bonds. The smallest absolute Gasteiger partial charge is 0.146 e. The standard InChI is InChI=1S/C5H11O4Si/c6-1-3-5(7)4(9-10)2-8-3/h2-7H,1H2,10H3/t3-,4+,5-/m1/s1. The molecule has 1 heterocycles. The number of rotatable bonds is 2. The minimum atomic E-state index is -0.706. The summed E-state index contributed by atoms with van der Waals surface area (Å²) in [6, 6.07) is 0. The lowest BCUT2D eigenvalue weighted by molar-refractivity contribution is 0.00207. The quantitative estimate of drug-likeness (QED) is 0.444. The molecule has 0 spiro atoms. The molecule has 10 heavy (non-hydrogen) atoms. The first-order chi connectivity index (χ1) is 4.79. The summed E-state index contributed by atoms with van der Waals surface area (Å²) in [6.07, 6.45) is -1.55. The second-order valence-corrected chi connectivity index (χ2v) is 2.66. The van der Waals surface area contributed by atoms with E-state index in [0.717, 1.165) is 0 Å². The van der Waals surface area contributed by atoms with Gasteiger partial charge in [-0.2, -0.15) is 0 Å². The summed E-state index contributed by atoms with van der Waals surface area (Å²) in [5, 5.41) is 17.8. The van der Waals surface area contributed by atoms with Crippen LogP contribution in [0.2, 0.25) is 0 Å². The van der Waals surface area contributed by atoms with E-state index in [1.54, 1.807) is 0 Å². The van der Waals surface area contributed by atoms with E-state index in [0.29, 0.717) is 10.5 Å². The Morgan fingerprint density at radius 3 is 2.70 bits per heavy atom. The monoisotopic (exact) mass is 163 g/mol. The van der Waals surface area contributed by atoms with Crippen LogP contribution < -0.4 is 0 Å². The van der Waals surface area contributed by atoms with E-state index in [1.165, 1.54) is 6.61 Å². The summed E-state index contributed by atoms with van der Waals surface area (Å²) >= 11 is 0. The Hall–Kier alpha value is 0.0569. The molecule has 0 aliphatic carbocycles. The molecule has 0 saturated carbocycles. The number of aliphatic hydroxyl groups is 2. The van der Waals surface area contributed by atoms with Gasteiger partial charge in [-0.25, -0.2) is 0 Å². The molecule has 3 atom stereocenters. The molecular weight excluding hydrogens is 152 g/mol. The highest BCUT2D eigenvalue weighted by Crippen LogP contribution is 2.19. The van der Waals surface area contributed by atoms with E-state index in [2.05, 4.69) is 0 Å². The van der Waals surface area contributed by atoms with Gasteiger partial charge >= 0.3 is 0 Å². The summed E-state index contributed by atoms with van der Waals surface area (Å²) in [4.78, 5) is 0. The number of ether oxygens (including phenoxy) is 1. The van der Waals surface area contributed by atoms with Gasteiger partial charge in [0.05, 0.1) is 6.61 Å². The number of hydrogen-bond acceptors (Lipinski definition) is 4. The van der Waals surface area contributed by atoms with Crippen molar-refractivity contribution in [1.82, 2.24) is 0 Å². The third-order valence-electron chi connectivity index (χ3n) is 1.56. The predicted molar refractivity (Wildman–Crippen MR) is 37.1 cm³/mol. The van der Waals surface area contributed by atoms with E-state index in [4.69, 9.17) is 14.3 Å². The minimum absolute atomic E-state index is 0.168. The molecular formula is C5H11O4Si. The van der Waals surface area contributed by atoms with Crippen LogP contribution in [-0.2, 0) is 9.16 Å².